The van der Waals surface area contributed by atoms with Crippen molar-refractivity contribution in [2.75, 3.05) is 13.1 Å². The third-order valence-electron chi connectivity index (χ3n) is 6.41. The summed E-state index contributed by atoms with van der Waals surface area (Å²) in [6.45, 7) is 2.83. The van der Waals surface area contributed by atoms with Crippen LogP contribution in [0.2, 0.25) is 0 Å². The summed E-state index contributed by atoms with van der Waals surface area (Å²) in [5, 5.41) is 1.37. The molecule has 0 saturated carbocycles. The number of sulfonamides is 1. The first-order chi connectivity index (χ1) is 14.9. The molecule has 1 N–H and O–H groups in total. The molecular formula is C24H26N4O2S. The van der Waals surface area contributed by atoms with Crippen LogP contribution in [-0.2, 0) is 17.1 Å². The smallest absolute Gasteiger partial charge is 0.262 e. The summed E-state index contributed by atoms with van der Waals surface area (Å²) in [7, 11) is -1.73. The van der Waals surface area contributed by atoms with E-state index in [-0.39, 0.29) is 5.03 Å². The number of aromatic nitrogens is 3. The van der Waals surface area contributed by atoms with E-state index >= 15 is 0 Å². The van der Waals surface area contributed by atoms with Crippen LogP contribution in [0.25, 0.3) is 22.0 Å². The predicted octanol–water partition coefficient (Wildman–Crippen LogP) is 4.45. The molecule has 2 aromatic heterocycles. The van der Waals surface area contributed by atoms with Gasteiger partial charge in [0.1, 0.15) is 5.82 Å². The number of aromatic amines is 1. The zero-order valence-corrected chi connectivity index (χ0v) is 18.6. The second kappa shape index (κ2) is 7.66. The molecule has 1 aliphatic rings. The Morgan fingerprint density at radius 2 is 1.77 bits per heavy atom. The van der Waals surface area contributed by atoms with Crippen molar-refractivity contribution in [3.05, 3.63) is 72.3 Å². The van der Waals surface area contributed by atoms with Crippen molar-refractivity contribution in [3.63, 3.8) is 0 Å². The van der Waals surface area contributed by atoms with Crippen LogP contribution in [0.15, 0.2) is 66.0 Å². The summed E-state index contributed by atoms with van der Waals surface area (Å²) in [4.78, 5) is 7.63. The number of H-pyrrole nitrogens is 1. The number of benzene rings is 2. The Kier molecular flexibility index (Phi) is 4.95. The number of hydrogen-bond donors (Lipinski definition) is 1. The lowest BCUT2D eigenvalue weighted by Crippen LogP contribution is -2.38. The van der Waals surface area contributed by atoms with E-state index in [2.05, 4.69) is 58.6 Å². The largest absolute Gasteiger partial charge is 0.361 e. The lowest BCUT2D eigenvalue weighted by molar-refractivity contribution is 0.319. The Labute approximate surface area is 182 Å². The second-order valence-corrected chi connectivity index (χ2v) is 10.2. The first-order valence-corrected chi connectivity index (χ1v) is 12.0. The minimum Gasteiger partial charge on any atom is -0.361 e. The molecule has 1 fully saturated rings. The molecule has 160 valence electrons. The summed E-state index contributed by atoms with van der Waals surface area (Å²) < 4.78 is 29.3. The monoisotopic (exact) mass is 434 g/mol. The second-order valence-electron chi connectivity index (χ2n) is 8.29. The minimum atomic E-state index is -3.55. The molecule has 3 heterocycles. The molecule has 2 aromatic carbocycles. The van der Waals surface area contributed by atoms with Gasteiger partial charge in [-0.3, -0.25) is 0 Å². The van der Waals surface area contributed by atoms with Crippen molar-refractivity contribution in [2.45, 2.75) is 30.7 Å². The van der Waals surface area contributed by atoms with Gasteiger partial charge in [0.2, 0.25) is 0 Å². The van der Waals surface area contributed by atoms with Gasteiger partial charge < -0.3 is 9.55 Å². The Morgan fingerprint density at radius 3 is 2.45 bits per heavy atom. The van der Waals surface area contributed by atoms with E-state index in [0.717, 1.165) is 18.4 Å². The van der Waals surface area contributed by atoms with Crippen molar-refractivity contribution in [1.82, 2.24) is 18.8 Å². The maximum Gasteiger partial charge on any atom is 0.262 e. The Hall–Kier alpha value is -2.90. The molecule has 0 atom stereocenters. The first kappa shape index (κ1) is 20.0. The van der Waals surface area contributed by atoms with E-state index in [1.807, 2.05) is 20.0 Å². The number of rotatable bonds is 4. The SMILES string of the molecule is Cc1nc(S(=O)(=O)N2CCC(c3c[nH]c4ccc(-c5ccccc5)cc34)CC2)cn1C. The van der Waals surface area contributed by atoms with Gasteiger partial charge in [0, 0.05) is 43.4 Å². The summed E-state index contributed by atoms with van der Waals surface area (Å²) in [6.07, 6.45) is 5.29. The van der Waals surface area contributed by atoms with E-state index < -0.39 is 10.0 Å². The average molecular weight is 435 g/mol. The number of nitrogens with zero attached hydrogens (tertiary/aromatic N) is 3. The third kappa shape index (κ3) is 3.58. The lowest BCUT2D eigenvalue weighted by Gasteiger charge is -2.30. The zero-order valence-electron chi connectivity index (χ0n) is 17.7. The molecule has 0 unspecified atom stereocenters. The fourth-order valence-electron chi connectivity index (χ4n) is 4.48. The van der Waals surface area contributed by atoms with Gasteiger partial charge in [-0.05, 0) is 54.5 Å². The molecule has 7 heteroatoms. The summed E-state index contributed by atoms with van der Waals surface area (Å²) in [5.41, 5.74) is 4.79. The molecule has 6 nitrogen and oxygen atoms in total. The van der Waals surface area contributed by atoms with Crippen LogP contribution in [-0.4, -0.2) is 40.3 Å². The first-order valence-electron chi connectivity index (χ1n) is 10.6. The Morgan fingerprint density at radius 1 is 1.03 bits per heavy atom. The van der Waals surface area contributed by atoms with E-state index in [4.69, 9.17) is 0 Å². The highest BCUT2D eigenvalue weighted by Crippen LogP contribution is 2.36. The van der Waals surface area contributed by atoms with Crippen molar-refractivity contribution < 1.29 is 8.42 Å². The molecule has 0 amide bonds. The predicted molar refractivity (Wildman–Crippen MR) is 122 cm³/mol. The standard InChI is InChI=1S/C24H26N4O2S/c1-17-26-24(16-27(17)2)31(29,30)28-12-10-19(11-13-28)22-15-25-23-9-8-20(14-21(22)23)18-6-4-3-5-7-18/h3-9,14-16,19,25H,10-13H2,1-2H3. The maximum atomic E-state index is 13.0. The fraction of sp³-hybridized carbons (Fsp3) is 0.292. The highest BCUT2D eigenvalue weighted by Gasteiger charge is 2.32. The van der Waals surface area contributed by atoms with Gasteiger partial charge in [-0.15, -0.1) is 0 Å². The highest BCUT2D eigenvalue weighted by atomic mass is 32.2. The van der Waals surface area contributed by atoms with Crippen molar-refractivity contribution >= 4 is 20.9 Å². The molecule has 31 heavy (non-hydrogen) atoms. The van der Waals surface area contributed by atoms with E-state index in [0.29, 0.717) is 24.8 Å². The van der Waals surface area contributed by atoms with Gasteiger partial charge in [-0.2, -0.15) is 4.31 Å². The normalized spacial score (nSPS) is 16.2. The summed E-state index contributed by atoms with van der Waals surface area (Å²) in [6, 6.07) is 16.9. The maximum absolute atomic E-state index is 13.0. The number of imidazole rings is 1. The van der Waals surface area contributed by atoms with Crippen LogP contribution in [0, 0.1) is 6.92 Å². The summed E-state index contributed by atoms with van der Waals surface area (Å²) in [5.74, 6) is 1.03. The number of fused-ring (bicyclic) bond motifs is 1. The van der Waals surface area contributed by atoms with Gasteiger partial charge >= 0.3 is 0 Å². The van der Waals surface area contributed by atoms with Gasteiger partial charge in [-0.25, -0.2) is 13.4 Å². The zero-order chi connectivity index (χ0) is 21.6. The minimum absolute atomic E-state index is 0.144. The number of piperidine rings is 1. The Balaban J connectivity index is 1.38. The molecular weight excluding hydrogens is 408 g/mol. The van der Waals surface area contributed by atoms with Crippen LogP contribution < -0.4 is 0 Å². The molecule has 0 radical (unpaired) electrons. The van der Waals surface area contributed by atoms with Crippen LogP contribution in [0.5, 0.6) is 0 Å². The third-order valence-corrected chi connectivity index (χ3v) is 8.18. The van der Waals surface area contributed by atoms with Gasteiger partial charge in [-0.1, -0.05) is 36.4 Å². The number of hydrogen-bond acceptors (Lipinski definition) is 3. The molecule has 1 aliphatic heterocycles. The quantitative estimate of drug-likeness (QED) is 0.516. The van der Waals surface area contributed by atoms with Crippen LogP contribution in [0.1, 0.15) is 30.1 Å². The molecule has 1 saturated heterocycles. The van der Waals surface area contributed by atoms with Crippen molar-refractivity contribution in [1.29, 1.82) is 0 Å². The lowest BCUT2D eigenvalue weighted by atomic mass is 9.89. The van der Waals surface area contributed by atoms with Crippen LogP contribution in [0.4, 0.5) is 0 Å². The highest BCUT2D eigenvalue weighted by molar-refractivity contribution is 7.89. The topological polar surface area (TPSA) is 71.0 Å². The average Bonchev–Trinajstić information content (AvgIpc) is 3.37. The molecule has 4 aromatic rings. The van der Waals surface area contributed by atoms with E-state index in [1.54, 1.807) is 15.1 Å². The molecule has 0 bridgehead atoms. The summed E-state index contributed by atoms with van der Waals surface area (Å²) >= 11 is 0. The number of aryl methyl sites for hydroxylation is 2. The van der Waals surface area contributed by atoms with Crippen molar-refractivity contribution in [2.24, 2.45) is 7.05 Å². The molecule has 5 rings (SSSR count). The fourth-order valence-corrected chi connectivity index (χ4v) is 5.98. The Bertz CT molecular complexity index is 1310. The van der Waals surface area contributed by atoms with Crippen molar-refractivity contribution in [3.8, 4) is 11.1 Å². The van der Waals surface area contributed by atoms with Gasteiger partial charge in [0.05, 0.1) is 0 Å². The van der Waals surface area contributed by atoms with E-state index in [1.165, 1.54) is 22.1 Å². The van der Waals surface area contributed by atoms with Gasteiger partial charge in [0.15, 0.2) is 5.03 Å². The molecule has 0 spiro atoms. The van der Waals surface area contributed by atoms with Gasteiger partial charge in [0.25, 0.3) is 10.0 Å². The molecule has 0 aliphatic carbocycles. The number of nitrogens with one attached hydrogen (secondary N) is 1. The van der Waals surface area contributed by atoms with Crippen LogP contribution >= 0.6 is 0 Å². The van der Waals surface area contributed by atoms with Crippen LogP contribution in [0.3, 0.4) is 0 Å². The van der Waals surface area contributed by atoms with E-state index in [9.17, 15) is 8.42 Å².